The van der Waals surface area contributed by atoms with Crippen LogP contribution in [0, 0.1) is 13.8 Å². The van der Waals surface area contributed by atoms with Crippen molar-refractivity contribution >= 4 is 55.1 Å². The second-order valence-electron chi connectivity index (χ2n) is 8.49. The quantitative estimate of drug-likeness (QED) is 0.229. The van der Waals surface area contributed by atoms with Crippen molar-refractivity contribution in [3.63, 3.8) is 0 Å². The van der Waals surface area contributed by atoms with Crippen molar-refractivity contribution < 1.29 is 8.42 Å². The minimum absolute atomic E-state index is 0.249. The Morgan fingerprint density at radius 1 is 0.750 bits per heavy atom. The maximum Gasteiger partial charge on any atom is 0.264 e. The highest BCUT2D eigenvalue weighted by atomic mass is 32.9. The van der Waals surface area contributed by atoms with Gasteiger partial charge in [0.05, 0.1) is 15.2 Å². The summed E-state index contributed by atoms with van der Waals surface area (Å²) in [4.78, 5) is 0.249. The van der Waals surface area contributed by atoms with Gasteiger partial charge in [-0.15, -0.1) is 0 Å². The number of nitrogens with zero attached hydrogens (tertiary/aromatic N) is 1. The molecule has 3 nitrogen and oxygen atoms in total. The lowest BCUT2D eigenvalue weighted by atomic mass is 10.1. The molecule has 0 unspecified atom stereocenters. The second-order valence-corrected chi connectivity index (χ2v) is 17.7. The normalized spacial score (nSPS) is 12.4. The van der Waals surface area contributed by atoms with E-state index in [0.717, 1.165) is 27.3 Å². The molecule has 0 aliphatic rings. The van der Waals surface area contributed by atoms with Crippen LogP contribution in [0.4, 0.5) is 0 Å². The summed E-state index contributed by atoms with van der Waals surface area (Å²) >= 11 is 7.90. The van der Waals surface area contributed by atoms with Crippen molar-refractivity contribution in [3.8, 4) is 0 Å². The first-order chi connectivity index (χ1) is 17.2. The SMILES string of the molecule is Cc1ccc(/C=C(/SP(=S)(c2ccccc2)c2ccccc2)N(C)S(=O)(=O)c2ccc(C)cc2)cc1. The van der Waals surface area contributed by atoms with Gasteiger partial charge in [-0.2, -0.15) is 0 Å². The number of sulfonamides is 1. The molecule has 0 fully saturated rings. The summed E-state index contributed by atoms with van der Waals surface area (Å²) in [7, 11) is -2.20. The third kappa shape index (κ3) is 5.84. The van der Waals surface area contributed by atoms with Gasteiger partial charge < -0.3 is 0 Å². The van der Waals surface area contributed by atoms with E-state index < -0.39 is 15.3 Å². The maximum absolute atomic E-state index is 13.7. The number of hydrogen-bond donors (Lipinski definition) is 0. The van der Waals surface area contributed by atoms with E-state index in [1.54, 1.807) is 19.2 Å². The van der Waals surface area contributed by atoms with E-state index in [0.29, 0.717) is 5.03 Å². The summed E-state index contributed by atoms with van der Waals surface area (Å²) in [6, 6.07) is 35.0. The summed E-state index contributed by atoms with van der Waals surface area (Å²) in [6.45, 7) is 3.97. The van der Waals surface area contributed by atoms with Crippen LogP contribution in [0.2, 0.25) is 0 Å². The van der Waals surface area contributed by atoms with E-state index in [9.17, 15) is 8.42 Å². The number of benzene rings is 4. The Kier molecular flexibility index (Phi) is 8.21. The zero-order chi connectivity index (χ0) is 25.8. The fourth-order valence-corrected chi connectivity index (χ4v) is 11.6. The lowest BCUT2D eigenvalue weighted by Gasteiger charge is -2.29. The van der Waals surface area contributed by atoms with Gasteiger partial charge in [0.2, 0.25) is 0 Å². The molecule has 0 amide bonds. The molecule has 0 aliphatic heterocycles. The highest BCUT2D eigenvalue weighted by Crippen LogP contribution is 2.61. The van der Waals surface area contributed by atoms with Crippen LogP contribution in [-0.2, 0) is 21.8 Å². The monoisotopic (exact) mass is 549 g/mol. The topological polar surface area (TPSA) is 37.4 Å². The van der Waals surface area contributed by atoms with Crippen molar-refractivity contribution in [2.24, 2.45) is 0 Å². The van der Waals surface area contributed by atoms with E-state index in [1.807, 2.05) is 117 Å². The van der Waals surface area contributed by atoms with Gasteiger partial charge in [-0.3, -0.25) is 4.31 Å². The van der Waals surface area contributed by atoms with Crippen LogP contribution in [0.25, 0.3) is 6.08 Å². The molecule has 184 valence electrons. The average molecular weight is 550 g/mol. The van der Waals surface area contributed by atoms with Crippen LogP contribution in [0.3, 0.4) is 0 Å². The Labute approximate surface area is 223 Å². The Balaban J connectivity index is 1.87. The van der Waals surface area contributed by atoms with Crippen LogP contribution < -0.4 is 10.6 Å². The predicted octanol–water partition coefficient (Wildman–Crippen LogP) is 6.70. The minimum Gasteiger partial charge on any atom is -0.263 e. The van der Waals surface area contributed by atoms with Crippen molar-refractivity contribution in [2.45, 2.75) is 18.7 Å². The van der Waals surface area contributed by atoms with Gasteiger partial charge in [0.25, 0.3) is 10.0 Å². The van der Waals surface area contributed by atoms with Crippen molar-refractivity contribution in [1.82, 2.24) is 4.31 Å². The third-order valence-electron chi connectivity index (χ3n) is 5.77. The van der Waals surface area contributed by atoms with Crippen LogP contribution >= 0.6 is 16.6 Å². The van der Waals surface area contributed by atoms with Gasteiger partial charge in [-0.1, -0.05) is 131 Å². The summed E-state index contributed by atoms with van der Waals surface area (Å²) in [6.07, 6.45) is 1.92. The van der Waals surface area contributed by atoms with Crippen LogP contribution in [-0.4, -0.2) is 19.8 Å². The first-order valence-electron chi connectivity index (χ1n) is 11.4. The lowest BCUT2D eigenvalue weighted by molar-refractivity contribution is 0.536. The van der Waals surface area contributed by atoms with Crippen LogP contribution in [0.5, 0.6) is 0 Å². The molecule has 4 rings (SSSR count). The van der Waals surface area contributed by atoms with E-state index in [2.05, 4.69) is 0 Å². The molecule has 0 atom stereocenters. The van der Waals surface area contributed by atoms with Crippen LogP contribution in [0.1, 0.15) is 16.7 Å². The van der Waals surface area contributed by atoms with Gasteiger partial charge in [-0.05, 0) is 48.2 Å². The van der Waals surface area contributed by atoms with Gasteiger partial charge in [0, 0.05) is 7.05 Å². The van der Waals surface area contributed by atoms with Gasteiger partial charge in [0.15, 0.2) is 0 Å². The molecule has 4 aromatic carbocycles. The standard InChI is InChI=1S/C29H28NO2PS3/c1-23-14-18-25(19-15-23)22-29(30(3)36(31,32)28-20-16-24(2)17-21-28)35-33(34,26-10-6-4-7-11-26)27-12-8-5-9-13-27/h4-22H,1-3H3/b29-22+. The molecule has 0 spiro atoms. The molecule has 4 aromatic rings. The molecular formula is C29H28NO2PS3. The van der Waals surface area contributed by atoms with E-state index >= 15 is 0 Å². The molecule has 7 heteroatoms. The Hall–Kier alpha value is -2.63. The lowest BCUT2D eigenvalue weighted by Crippen LogP contribution is -2.26. The molecule has 0 bridgehead atoms. The van der Waals surface area contributed by atoms with Gasteiger partial charge in [0.1, 0.15) is 0 Å². The number of aryl methyl sites for hydroxylation is 2. The first-order valence-corrected chi connectivity index (χ1v) is 17.1. The Morgan fingerprint density at radius 2 is 1.19 bits per heavy atom. The van der Waals surface area contributed by atoms with E-state index in [1.165, 1.54) is 15.7 Å². The predicted molar refractivity (Wildman–Crippen MR) is 159 cm³/mol. The summed E-state index contributed by atoms with van der Waals surface area (Å²) in [5.41, 5.74) is 3.06. The number of hydrogen-bond acceptors (Lipinski definition) is 4. The van der Waals surface area contributed by atoms with Gasteiger partial charge >= 0.3 is 0 Å². The second kappa shape index (κ2) is 11.2. The summed E-state index contributed by atoms with van der Waals surface area (Å²) < 4.78 is 28.8. The first kappa shape index (κ1) is 26.4. The van der Waals surface area contributed by atoms with E-state index in [-0.39, 0.29) is 4.90 Å². The smallest absolute Gasteiger partial charge is 0.263 e. The van der Waals surface area contributed by atoms with Crippen molar-refractivity contribution in [1.29, 1.82) is 0 Å². The molecule has 0 N–H and O–H groups in total. The molecule has 0 saturated carbocycles. The van der Waals surface area contributed by atoms with Crippen molar-refractivity contribution in [3.05, 3.63) is 131 Å². The molecule has 36 heavy (non-hydrogen) atoms. The van der Waals surface area contributed by atoms with Gasteiger partial charge in [-0.25, -0.2) is 8.42 Å². The summed E-state index contributed by atoms with van der Waals surface area (Å²) in [5, 5.41) is 0.146. The summed E-state index contributed by atoms with van der Waals surface area (Å²) in [5.74, 6) is 0. The highest BCUT2D eigenvalue weighted by molar-refractivity contribution is 8.76. The maximum atomic E-state index is 13.7. The largest absolute Gasteiger partial charge is 0.264 e. The molecule has 0 heterocycles. The molecule has 0 saturated heterocycles. The zero-order valence-corrected chi connectivity index (χ0v) is 23.7. The highest BCUT2D eigenvalue weighted by Gasteiger charge is 2.30. The average Bonchev–Trinajstić information content (AvgIpc) is 2.90. The fourth-order valence-electron chi connectivity index (χ4n) is 3.60. The Morgan fingerprint density at radius 3 is 1.67 bits per heavy atom. The fraction of sp³-hybridized carbons (Fsp3) is 0.103. The Bertz CT molecular complexity index is 1460. The van der Waals surface area contributed by atoms with Crippen molar-refractivity contribution in [2.75, 3.05) is 7.05 Å². The zero-order valence-electron chi connectivity index (χ0n) is 20.4. The molecular weight excluding hydrogens is 521 g/mol. The third-order valence-corrected chi connectivity index (χ3v) is 15.0. The van der Waals surface area contributed by atoms with E-state index in [4.69, 9.17) is 11.8 Å². The molecule has 0 radical (unpaired) electrons. The van der Waals surface area contributed by atoms with Crippen LogP contribution in [0.15, 0.2) is 119 Å². The number of rotatable bonds is 8. The molecule has 0 aliphatic carbocycles. The minimum atomic E-state index is -3.80. The molecule has 0 aromatic heterocycles.